The van der Waals surface area contributed by atoms with Gasteiger partial charge in [-0.25, -0.2) is 9.79 Å². The van der Waals surface area contributed by atoms with Crippen LogP contribution in [0.15, 0.2) is 86.1 Å². The Hall–Kier alpha value is -4.57. The van der Waals surface area contributed by atoms with Gasteiger partial charge in [-0.15, -0.1) is 0 Å². The van der Waals surface area contributed by atoms with Gasteiger partial charge in [0.05, 0.1) is 33.4 Å². The number of carbonyl (C=O) groups is 1. The molecule has 10 heteroatoms. The van der Waals surface area contributed by atoms with Gasteiger partial charge in [-0.05, 0) is 38.5 Å². The van der Waals surface area contributed by atoms with Crippen molar-refractivity contribution >= 4 is 29.1 Å². The van der Waals surface area contributed by atoms with Crippen LogP contribution in [0.25, 0.3) is 17.4 Å². The van der Waals surface area contributed by atoms with E-state index in [0.29, 0.717) is 43.3 Å². The molecule has 0 spiro atoms. The van der Waals surface area contributed by atoms with Crippen LogP contribution >= 0.6 is 11.3 Å². The van der Waals surface area contributed by atoms with Gasteiger partial charge in [-0.3, -0.25) is 19.5 Å². The lowest BCUT2D eigenvalue weighted by molar-refractivity contribution is -0.385. The van der Waals surface area contributed by atoms with E-state index >= 15 is 0 Å². The van der Waals surface area contributed by atoms with Crippen molar-refractivity contribution < 1.29 is 18.9 Å². The van der Waals surface area contributed by atoms with Crippen molar-refractivity contribution in [2.75, 3.05) is 6.61 Å². The molecule has 2 aromatic carbocycles. The van der Waals surface area contributed by atoms with E-state index in [4.69, 9.17) is 9.15 Å². The van der Waals surface area contributed by atoms with Crippen molar-refractivity contribution in [3.05, 3.63) is 119 Å². The Kier molecular flexibility index (Phi) is 6.64. The standard InChI is InChI=1S/C28H23N3O6S/c1-4-36-27(33)24-17(3)29-28-30(25(24)18-8-6-5-7-9-18)26(32)23(38-28)15-20-12-13-22(37-20)19-11-10-16(2)21(14-19)31(34)35/h5-15,25H,4H2,1-3H3/b23-15-. The second-order valence-electron chi connectivity index (χ2n) is 8.67. The van der Waals surface area contributed by atoms with Crippen molar-refractivity contribution in [1.29, 1.82) is 0 Å². The number of thiazole rings is 1. The van der Waals surface area contributed by atoms with Gasteiger partial charge in [0.25, 0.3) is 11.2 Å². The zero-order valence-corrected chi connectivity index (χ0v) is 21.7. The number of hydrogen-bond donors (Lipinski definition) is 0. The number of aromatic nitrogens is 1. The van der Waals surface area contributed by atoms with Gasteiger partial charge in [-0.2, -0.15) is 0 Å². The van der Waals surface area contributed by atoms with E-state index in [1.165, 1.54) is 22.0 Å². The number of furan rings is 1. The molecular formula is C28H23N3O6S. The minimum atomic E-state index is -0.686. The summed E-state index contributed by atoms with van der Waals surface area (Å²) in [5.41, 5.74) is 2.37. The molecule has 1 aliphatic heterocycles. The first-order valence-corrected chi connectivity index (χ1v) is 12.7. The molecule has 0 N–H and O–H groups in total. The van der Waals surface area contributed by atoms with Gasteiger partial charge < -0.3 is 9.15 Å². The second kappa shape index (κ2) is 10.1. The number of fused-ring (bicyclic) bond motifs is 1. The Bertz CT molecular complexity index is 1780. The number of hydrogen-bond acceptors (Lipinski definition) is 8. The Morgan fingerprint density at radius 3 is 2.66 bits per heavy atom. The summed E-state index contributed by atoms with van der Waals surface area (Å²) in [6, 6.07) is 16.9. The molecule has 4 aromatic rings. The molecule has 192 valence electrons. The summed E-state index contributed by atoms with van der Waals surface area (Å²) in [4.78, 5) is 42.5. The highest BCUT2D eigenvalue weighted by molar-refractivity contribution is 7.07. The van der Waals surface area contributed by atoms with Crippen molar-refractivity contribution in [3.63, 3.8) is 0 Å². The van der Waals surface area contributed by atoms with Crippen LogP contribution in [0.2, 0.25) is 0 Å². The van der Waals surface area contributed by atoms with Crippen LogP contribution in [-0.2, 0) is 9.53 Å². The van der Waals surface area contributed by atoms with Crippen LogP contribution in [0.4, 0.5) is 5.69 Å². The largest absolute Gasteiger partial charge is 0.463 e. The molecule has 1 unspecified atom stereocenters. The molecule has 0 aliphatic carbocycles. The lowest BCUT2D eigenvalue weighted by Crippen LogP contribution is -2.39. The average molecular weight is 530 g/mol. The lowest BCUT2D eigenvalue weighted by Gasteiger charge is -2.24. The Morgan fingerprint density at radius 1 is 1.18 bits per heavy atom. The van der Waals surface area contributed by atoms with E-state index < -0.39 is 16.9 Å². The fourth-order valence-corrected chi connectivity index (χ4v) is 5.44. The summed E-state index contributed by atoms with van der Waals surface area (Å²) in [6.45, 7) is 5.34. The molecule has 2 aromatic heterocycles. The molecule has 0 fully saturated rings. The van der Waals surface area contributed by atoms with Gasteiger partial charge >= 0.3 is 5.97 Å². The number of nitrogens with zero attached hydrogens (tertiary/aromatic N) is 3. The maximum absolute atomic E-state index is 13.7. The normalized spacial score (nSPS) is 15.2. The summed E-state index contributed by atoms with van der Waals surface area (Å²) in [5.74, 6) is 0.334. The minimum absolute atomic E-state index is 0.00226. The fraction of sp³-hybridized carbons (Fsp3) is 0.179. The SMILES string of the molecule is CCOC(=O)C1=C(C)N=c2s/c(=C\c3ccc(-c4ccc(C)c([N+](=O)[O-])c4)o3)c(=O)n2C1c1ccccc1. The molecule has 0 amide bonds. The predicted molar refractivity (Wildman–Crippen MR) is 142 cm³/mol. The number of carbonyl (C=O) groups excluding carboxylic acids is 1. The highest BCUT2D eigenvalue weighted by Crippen LogP contribution is 2.31. The first-order valence-electron chi connectivity index (χ1n) is 11.9. The molecule has 0 saturated heterocycles. The van der Waals surface area contributed by atoms with Gasteiger partial charge in [0.15, 0.2) is 4.80 Å². The Balaban J connectivity index is 1.61. The molecule has 9 nitrogen and oxygen atoms in total. The lowest BCUT2D eigenvalue weighted by atomic mass is 9.96. The third-order valence-electron chi connectivity index (χ3n) is 6.22. The van der Waals surface area contributed by atoms with E-state index in [1.54, 1.807) is 51.1 Å². The first-order chi connectivity index (χ1) is 18.3. The first kappa shape index (κ1) is 25.1. The zero-order valence-electron chi connectivity index (χ0n) is 20.8. The van der Waals surface area contributed by atoms with Crippen LogP contribution in [0.1, 0.15) is 36.8 Å². The van der Waals surface area contributed by atoms with E-state index in [0.717, 1.165) is 5.56 Å². The van der Waals surface area contributed by atoms with Crippen molar-refractivity contribution in [1.82, 2.24) is 4.57 Å². The quantitative estimate of drug-likeness (QED) is 0.209. The van der Waals surface area contributed by atoms with Crippen LogP contribution < -0.4 is 14.9 Å². The zero-order chi connectivity index (χ0) is 27.0. The number of aryl methyl sites for hydroxylation is 1. The molecule has 38 heavy (non-hydrogen) atoms. The topological polar surface area (TPSA) is 117 Å². The Labute approximate surface area is 220 Å². The van der Waals surface area contributed by atoms with Crippen LogP contribution in [0, 0.1) is 17.0 Å². The number of benzene rings is 2. The minimum Gasteiger partial charge on any atom is -0.463 e. The number of rotatable bonds is 6. The number of esters is 1. The number of nitro groups is 1. The summed E-state index contributed by atoms with van der Waals surface area (Å²) in [7, 11) is 0. The van der Waals surface area contributed by atoms with Crippen LogP contribution in [-0.4, -0.2) is 22.1 Å². The molecule has 0 saturated carbocycles. The molecule has 1 aliphatic rings. The summed E-state index contributed by atoms with van der Waals surface area (Å²) in [5, 5.41) is 11.3. The summed E-state index contributed by atoms with van der Waals surface area (Å²) >= 11 is 1.19. The van der Waals surface area contributed by atoms with E-state index in [-0.39, 0.29) is 17.9 Å². The summed E-state index contributed by atoms with van der Waals surface area (Å²) in [6.07, 6.45) is 1.61. The number of allylic oxidation sites excluding steroid dienone is 1. The fourth-order valence-electron chi connectivity index (χ4n) is 4.42. The average Bonchev–Trinajstić information content (AvgIpc) is 3.48. The number of ether oxygens (including phenoxy) is 1. The molecule has 1 atom stereocenters. The van der Waals surface area contributed by atoms with Crippen LogP contribution in [0.3, 0.4) is 0 Å². The van der Waals surface area contributed by atoms with Gasteiger partial charge in [-0.1, -0.05) is 53.8 Å². The van der Waals surface area contributed by atoms with Crippen LogP contribution in [0.5, 0.6) is 0 Å². The number of nitro benzene ring substituents is 1. The van der Waals surface area contributed by atoms with Crippen molar-refractivity contribution in [2.24, 2.45) is 4.99 Å². The van der Waals surface area contributed by atoms with Gasteiger partial charge in [0, 0.05) is 23.3 Å². The maximum atomic E-state index is 13.7. The third-order valence-corrected chi connectivity index (χ3v) is 7.21. The molecule has 5 rings (SSSR count). The monoisotopic (exact) mass is 529 g/mol. The highest BCUT2D eigenvalue weighted by atomic mass is 32.1. The smallest absolute Gasteiger partial charge is 0.338 e. The van der Waals surface area contributed by atoms with Gasteiger partial charge in [0.1, 0.15) is 11.5 Å². The van der Waals surface area contributed by atoms with E-state index in [9.17, 15) is 19.7 Å². The molecule has 0 bridgehead atoms. The van der Waals surface area contributed by atoms with E-state index in [2.05, 4.69) is 4.99 Å². The molecule has 0 radical (unpaired) electrons. The van der Waals surface area contributed by atoms with Crippen molar-refractivity contribution in [3.8, 4) is 11.3 Å². The second-order valence-corrected chi connectivity index (χ2v) is 9.68. The predicted octanol–water partition coefficient (Wildman–Crippen LogP) is 4.27. The molecular weight excluding hydrogens is 506 g/mol. The molecule has 3 heterocycles. The Morgan fingerprint density at radius 2 is 1.95 bits per heavy atom. The summed E-state index contributed by atoms with van der Waals surface area (Å²) < 4.78 is 13.1. The third kappa shape index (κ3) is 4.50. The van der Waals surface area contributed by atoms with E-state index in [1.807, 2.05) is 30.3 Å². The van der Waals surface area contributed by atoms with Gasteiger partial charge in [0.2, 0.25) is 0 Å². The van der Waals surface area contributed by atoms with Crippen molar-refractivity contribution in [2.45, 2.75) is 26.8 Å². The maximum Gasteiger partial charge on any atom is 0.338 e. The highest BCUT2D eigenvalue weighted by Gasteiger charge is 2.33.